The molecule has 0 saturated heterocycles. The smallest absolute Gasteiger partial charge is 0.195 e. The maximum absolute atomic E-state index is 4.64. The quantitative estimate of drug-likeness (QED) is 0.356. The van der Waals surface area contributed by atoms with E-state index in [9.17, 15) is 0 Å². The van der Waals surface area contributed by atoms with Crippen LogP contribution in [0.3, 0.4) is 0 Å². The first kappa shape index (κ1) is 17.3. The van der Waals surface area contributed by atoms with Crippen LogP contribution in [-0.2, 0) is 0 Å². The molecular weight excluding hydrogens is 222 g/mol. The highest BCUT2D eigenvalue weighted by atomic mass is 15.3. The highest BCUT2D eigenvalue weighted by molar-refractivity contribution is 5.79. The molecule has 0 rings (SSSR count). The molecule has 0 aromatic carbocycles. The summed E-state index contributed by atoms with van der Waals surface area (Å²) >= 11 is 0. The minimum atomic E-state index is 0.959. The number of aliphatic imine (C=N–C) groups is 1. The van der Waals surface area contributed by atoms with Crippen LogP contribution in [0.5, 0.6) is 0 Å². The summed E-state index contributed by atoms with van der Waals surface area (Å²) in [5, 5.41) is 0. The first-order chi connectivity index (χ1) is 8.59. The van der Waals surface area contributed by atoms with Crippen LogP contribution in [0.15, 0.2) is 4.99 Å². The monoisotopic (exact) mass is 255 g/mol. The fourth-order valence-corrected chi connectivity index (χ4v) is 2.11. The summed E-state index contributed by atoms with van der Waals surface area (Å²) in [6, 6.07) is 0. The van der Waals surface area contributed by atoms with Gasteiger partial charge in [-0.1, -0.05) is 51.9 Å². The molecule has 0 unspecified atom stereocenters. The van der Waals surface area contributed by atoms with Gasteiger partial charge in [0.1, 0.15) is 0 Å². The highest BCUT2D eigenvalue weighted by Crippen LogP contribution is 2.08. The van der Waals surface area contributed by atoms with Crippen LogP contribution in [0.4, 0.5) is 0 Å². The van der Waals surface area contributed by atoms with Crippen molar-refractivity contribution in [2.75, 3.05) is 34.7 Å². The van der Waals surface area contributed by atoms with Gasteiger partial charge in [0, 0.05) is 34.7 Å². The van der Waals surface area contributed by atoms with E-state index in [2.05, 4.69) is 21.7 Å². The molecule has 0 aliphatic rings. The lowest BCUT2D eigenvalue weighted by Gasteiger charge is -2.22. The molecule has 0 spiro atoms. The predicted molar refractivity (Wildman–Crippen MR) is 82.3 cm³/mol. The molecule has 0 saturated carbocycles. The largest absolute Gasteiger partial charge is 0.349 e. The Kier molecular flexibility index (Phi) is 10.9. The van der Waals surface area contributed by atoms with Gasteiger partial charge in [-0.25, -0.2) is 0 Å². The molecule has 0 amide bonds. The number of hydrogen-bond acceptors (Lipinski definition) is 1. The van der Waals surface area contributed by atoms with E-state index in [1.807, 2.05) is 28.2 Å². The molecular formula is C15H33N3. The Morgan fingerprint density at radius 3 is 1.61 bits per heavy atom. The molecule has 0 fully saturated rings. The first-order valence-electron chi connectivity index (χ1n) is 7.48. The summed E-state index contributed by atoms with van der Waals surface area (Å²) in [6.45, 7) is 3.23. The summed E-state index contributed by atoms with van der Waals surface area (Å²) in [7, 11) is 8.19. The van der Waals surface area contributed by atoms with Crippen LogP contribution in [0, 0.1) is 0 Å². The highest BCUT2D eigenvalue weighted by Gasteiger charge is 2.02. The molecule has 18 heavy (non-hydrogen) atoms. The Bertz CT molecular complexity index is 200. The topological polar surface area (TPSA) is 18.8 Å². The summed E-state index contributed by atoms with van der Waals surface area (Å²) in [4.78, 5) is 8.79. The second kappa shape index (κ2) is 11.4. The van der Waals surface area contributed by atoms with Gasteiger partial charge in [0.05, 0.1) is 0 Å². The van der Waals surface area contributed by atoms with E-state index in [4.69, 9.17) is 0 Å². The van der Waals surface area contributed by atoms with Gasteiger partial charge >= 0.3 is 0 Å². The zero-order valence-corrected chi connectivity index (χ0v) is 13.2. The SMILES string of the molecule is CCCCCCCCCCN=C(N(C)C)N(C)C. The molecule has 0 aliphatic carbocycles. The van der Waals surface area contributed by atoms with Gasteiger partial charge in [0.25, 0.3) is 0 Å². The van der Waals surface area contributed by atoms with Crippen LogP contribution < -0.4 is 0 Å². The molecule has 108 valence electrons. The fourth-order valence-electron chi connectivity index (χ4n) is 2.11. The van der Waals surface area contributed by atoms with E-state index in [0.29, 0.717) is 0 Å². The molecule has 3 nitrogen and oxygen atoms in total. The Morgan fingerprint density at radius 1 is 0.722 bits per heavy atom. The molecule has 0 radical (unpaired) electrons. The average Bonchev–Trinajstić information content (AvgIpc) is 2.30. The van der Waals surface area contributed by atoms with E-state index in [1.165, 1.54) is 51.4 Å². The zero-order valence-electron chi connectivity index (χ0n) is 13.2. The third kappa shape index (κ3) is 9.32. The number of hydrogen-bond donors (Lipinski definition) is 0. The van der Waals surface area contributed by atoms with Crippen molar-refractivity contribution in [3.05, 3.63) is 0 Å². The Morgan fingerprint density at radius 2 is 1.17 bits per heavy atom. The molecule has 0 aromatic rings. The second-order valence-corrected chi connectivity index (χ2v) is 5.45. The molecule has 0 heterocycles. The summed E-state index contributed by atoms with van der Waals surface area (Å²) in [5.41, 5.74) is 0. The molecule has 0 aromatic heterocycles. The van der Waals surface area contributed by atoms with Gasteiger partial charge in [-0.15, -0.1) is 0 Å². The van der Waals surface area contributed by atoms with E-state index >= 15 is 0 Å². The standard InChI is InChI=1S/C15H33N3/c1-6-7-8-9-10-11-12-13-14-16-15(17(2)3)18(4)5/h6-14H2,1-5H3. The van der Waals surface area contributed by atoms with Crippen LogP contribution in [0.25, 0.3) is 0 Å². The lowest BCUT2D eigenvalue weighted by molar-refractivity contribution is 0.477. The zero-order chi connectivity index (χ0) is 13.8. The van der Waals surface area contributed by atoms with Gasteiger partial charge in [-0.3, -0.25) is 4.99 Å². The number of rotatable bonds is 9. The summed E-state index contributed by atoms with van der Waals surface area (Å²) in [5.74, 6) is 1.07. The first-order valence-corrected chi connectivity index (χ1v) is 7.48. The van der Waals surface area contributed by atoms with Crippen LogP contribution in [-0.4, -0.2) is 50.5 Å². The van der Waals surface area contributed by atoms with E-state index in [0.717, 1.165) is 12.5 Å². The van der Waals surface area contributed by atoms with Gasteiger partial charge in [-0.2, -0.15) is 0 Å². The van der Waals surface area contributed by atoms with E-state index in [-0.39, 0.29) is 0 Å². The Hall–Kier alpha value is -0.730. The van der Waals surface area contributed by atoms with Gasteiger partial charge < -0.3 is 9.80 Å². The van der Waals surface area contributed by atoms with Crippen molar-refractivity contribution in [3.63, 3.8) is 0 Å². The normalized spacial score (nSPS) is 10.3. The lowest BCUT2D eigenvalue weighted by Crippen LogP contribution is -2.35. The van der Waals surface area contributed by atoms with Crippen molar-refractivity contribution in [2.24, 2.45) is 4.99 Å². The number of guanidine groups is 1. The molecule has 0 aliphatic heterocycles. The van der Waals surface area contributed by atoms with Crippen LogP contribution in [0.2, 0.25) is 0 Å². The Labute approximate surface area is 114 Å². The van der Waals surface area contributed by atoms with Gasteiger partial charge in [-0.05, 0) is 6.42 Å². The third-order valence-corrected chi connectivity index (χ3v) is 3.06. The predicted octanol–water partition coefficient (Wildman–Crippen LogP) is 3.61. The molecule has 3 heteroatoms. The van der Waals surface area contributed by atoms with Crippen molar-refractivity contribution in [3.8, 4) is 0 Å². The number of unbranched alkanes of at least 4 members (excludes halogenated alkanes) is 7. The maximum atomic E-state index is 4.64. The van der Waals surface area contributed by atoms with Crippen molar-refractivity contribution >= 4 is 5.96 Å². The minimum Gasteiger partial charge on any atom is -0.349 e. The maximum Gasteiger partial charge on any atom is 0.195 e. The van der Waals surface area contributed by atoms with Crippen molar-refractivity contribution in [1.82, 2.24) is 9.80 Å². The van der Waals surface area contributed by atoms with Crippen LogP contribution in [0.1, 0.15) is 58.3 Å². The lowest BCUT2D eigenvalue weighted by atomic mass is 10.1. The van der Waals surface area contributed by atoms with Crippen molar-refractivity contribution in [1.29, 1.82) is 0 Å². The summed E-state index contributed by atoms with van der Waals surface area (Å²) in [6.07, 6.45) is 10.9. The third-order valence-electron chi connectivity index (χ3n) is 3.06. The summed E-state index contributed by atoms with van der Waals surface area (Å²) < 4.78 is 0. The van der Waals surface area contributed by atoms with E-state index in [1.54, 1.807) is 0 Å². The van der Waals surface area contributed by atoms with Gasteiger partial charge in [0.2, 0.25) is 0 Å². The second-order valence-electron chi connectivity index (χ2n) is 5.45. The minimum absolute atomic E-state index is 0.959. The van der Waals surface area contributed by atoms with Crippen LogP contribution >= 0.6 is 0 Å². The van der Waals surface area contributed by atoms with E-state index < -0.39 is 0 Å². The average molecular weight is 255 g/mol. The molecule has 0 N–H and O–H groups in total. The molecule has 0 bridgehead atoms. The van der Waals surface area contributed by atoms with Crippen molar-refractivity contribution in [2.45, 2.75) is 58.3 Å². The van der Waals surface area contributed by atoms with Crippen molar-refractivity contribution < 1.29 is 0 Å². The number of nitrogens with zero attached hydrogens (tertiary/aromatic N) is 3. The molecule has 0 atom stereocenters. The fraction of sp³-hybridized carbons (Fsp3) is 0.933. The van der Waals surface area contributed by atoms with Gasteiger partial charge in [0.15, 0.2) is 5.96 Å². The Balaban J connectivity index is 3.51.